The number of aliphatic hydroxyl groups is 1. The average molecular weight is 406 g/mol. The molecule has 0 saturated heterocycles. The Kier molecular flexibility index (Phi) is 16.7. The molecule has 29 heavy (non-hydrogen) atoms. The number of benzene rings is 1. The van der Waals surface area contributed by atoms with Gasteiger partial charge in [0.25, 0.3) is 0 Å². The third kappa shape index (κ3) is 16.3. The van der Waals surface area contributed by atoms with Crippen LogP contribution in [-0.4, -0.2) is 22.9 Å². The summed E-state index contributed by atoms with van der Waals surface area (Å²) in [5.41, 5.74) is 0.939. The van der Waals surface area contributed by atoms with Gasteiger partial charge < -0.3 is 15.5 Å². The number of hydrogen-bond donors (Lipinski definition) is 3. The third-order valence-electron chi connectivity index (χ3n) is 5.80. The Bertz CT molecular complexity index is 460. The fourth-order valence-electron chi connectivity index (χ4n) is 3.85. The molecule has 0 aliphatic rings. The summed E-state index contributed by atoms with van der Waals surface area (Å²) in [6, 6.07) is 6.97. The predicted octanol–water partition coefficient (Wildman–Crippen LogP) is 7.82. The van der Waals surface area contributed by atoms with Gasteiger partial charge in [-0.3, -0.25) is 0 Å². The summed E-state index contributed by atoms with van der Waals surface area (Å²) in [5, 5.41) is 22.5. The molecule has 0 heterocycles. The fourth-order valence-corrected chi connectivity index (χ4v) is 3.85. The summed E-state index contributed by atoms with van der Waals surface area (Å²) < 4.78 is 0. The zero-order valence-corrected chi connectivity index (χ0v) is 19.0. The van der Waals surface area contributed by atoms with Crippen molar-refractivity contribution in [3.8, 4) is 5.75 Å². The molecule has 1 aromatic rings. The summed E-state index contributed by atoms with van der Waals surface area (Å²) in [6.07, 6.45) is 22.6. The molecular formula is C26H47NO2. The molecule has 3 heteroatoms. The van der Waals surface area contributed by atoms with Crippen LogP contribution in [0.2, 0.25) is 0 Å². The van der Waals surface area contributed by atoms with Crippen LogP contribution in [0.3, 0.4) is 0 Å². The number of phenols is 1. The van der Waals surface area contributed by atoms with Crippen molar-refractivity contribution in [1.29, 1.82) is 0 Å². The van der Waals surface area contributed by atoms with Gasteiger partial charge in [-0.05, 0) is 30.7 Å². The number of anilines is 1. The van der Waals surface area contributed by atoms with Crippen LogP contribution in [0.5, 0.6) is 5.75 Å². The summed E-state index contributed by atoms with van der Waals surface area (Å²) in [6.45, 7) is 2.86. The second kappa shape index (κ2) is 18.8. The molecule has 1 aromatic carbocycles. The smallest absolute Gasteiger partial charge is 0.115 e. The molecule has 3 nitrogen and oxygen atoms in total. The van der Waals surface area contributed by atoms with Crippen LogP contribution in [0.4, 0.5) is 5.69 Å². The first-order valence-corrected chi connectivity index (χ1v) is 12.4. The Labute approximate surface area is 180 Å². The van der Waals surface area contributed by atoms with Crippen molar-refractivity contribution in [1.82, 2.24) is 0 Å². The van der Waals surface area contributed by atoms with Crippen LogP contribution < -0.4 is 5.32 Å². The van der Waals surface area contributed by atoms with Crippen molar-refractivity contribution < 1.29 is 10.2 Å². The van der Waals surface area contributed by atoms with Crippen molar-refractivity contribution in [3.63, 3.8) is 0 Å². The van der Waals surface area contributed by atoms with E-state index in [9.17, 15) is 10.2 Å². The number of nitrogens with one attached hydrogen (secondary N) is 1. The van der Waals surface area contributed by atoms with Gasteiger partial charge in [0.15, 0.2) is 0 Å². The first-order valence-electron chi connectivity index (χ1n) is 12.4. The Morgan fingerprint density at radius 3 is 1.52 bits per heavy atom. The van der Waals surface area contributed by atoms with Crippen LogP contribution in [0.15, 0.2) is 24.3 Å². The van der Waals surface area contributed by atoms with Crippen LogP contribution in [0.25, 0.3) is 0 Å². The monoisotopic (exact) mass is 405 g/mol. The number of hydrogen-bond acceptors (Lipinski definition) is 3. The first-order chi connectivity index (χ1) is 14.2. The number of phenolic OH excluding ortho intramolecular Hbond substituents is 1. The van der Waals surface area contributed by atoms with Crippen molar-refractivity contribution >= 4 is 5.69 Å². The van der Waals surface area contributed by atoms with Crippen LogP contribution in [0.1, 0.15) is 116 Å². The highest BCUT2D eigenvalue weighted by Crippen LogP contribution is 2.16. The second-order valence-corrected chi connectivity index (χ2v) is 8.67. The topological polar surface area (TPSA) is 52.5 Å². The van der Waals surface area contributed by atoms with Crippen molar-refractivity contribution in [2.45, 2.75) is 122 Å². The average Bonchev–Trinajstić information content (AvgIpc) is 2.73. The van der Waals surface area contributed by atoms with E-state index < -0.39 is 0 Å². The van der Waals surface area contributed by atoms with Gasteiger partial charge in [0.2, 0.25) is 0 Å². The summed E-state index contributed by atoms with van der Waals surface area (Å²) >= 11 is 0. The molecule has 168 valence electrons. The third-order valence-corrected chi connectivity index (χ3v) is 5.80. The standard InChI is InChI=1S/C26H47NO2/c1-2-3-4-5-6-7-8-9-10-11-12-13-14-15-16-17-18-26(29)23-27-24-19-21-25(28)22-20-24/h19-22,26-29H,2-18,23H2,1H3. The minimum absolute atomic E-state index is 0.268. The van der Waals surface area contributed by atoms with Gasteiger partial charge in [-0.25, -0.2) is 0 Å². The van der Waals surface area contributed by atoms with Gasteiger partial charge in [0.1, 0.15) is 5.75 Å². The Morgan fingerprint density at radius 2 is 1.07 bits per heavy atom. The minimum atomic E-state index is -0.296. The molecule has 0 aliphatic heterocycles. The number of unbranched alkanes of at least 4 members (excludes halogenated alkanes) is 15. The van der Waals surface area contributed by atoms with Crippen LogP contribution in [-0.2, 0) is 0 Å². The lowest BCUT2D eigenvalue weighted by atomic mass is 10.0. The van der Waals surface area contributed by atoms with E-state index in [1.807, 2.05) is 12.1 Å². The van der Waals surface area contributed by atoms with Crippen LogP contribution >= 0.6 is 0 Å². The highest BCUT2D eigenvalue weighted by molar-refractivity contribution is 5.45. The van der Waals surface area contributed by atoms with Gasteiger partial charge in [-0.15, -0.1) is 0 Å². The zero-order chi connectivity index (χ0) is 21.0. The lowest BCUT2D eigenvalue weighted by molar-refractivity contribution is 0.173. The van der Waals surface area contributed by atoms with E-state index in [0.29, 0.717) is 6.54 Å². The maximum atomic E-state index is 10.1. The zero-order valence-electron chi connectivity index (χ0n) is 19.0. The van der Waals surface area contributed by atoms with E-state index in [-0.39, 0.29) is 11.9 Å². The molecule has 0 spiro atoms. The summed E-state index contributed by atoms with van der Waals surface area (Å²) in [4.78, 5) is 0. The van der Waals surface area contributed by atoms with Gasteiger partial charge in [0.05, 0.1) is 6.10 Å². The van der Waals surface area contributed by atoms with E-state index in [1.54, 1.807) is 12.1 Å². The Balaban J connectivity index is 1.78. The molecule has 0 bridgehead atoms. The second-order valence-electron chi connectivity index (χ2n) is 8.67. The molecule has 1 atom stereocenters. The van der Waals surface area contributed by atoms with E-state index >= 15 is 0 Å². The Hall–Kier alpha value is -1.22. The summed E-state index contributed by atoms with van der Waals surface area (Å²) in [5.74, 6) is 0.268. The van der Waals surface area contributed by atoms with Gasteiger partial charge in [-0.1, -0.05) is 110 Å². The van der Waals surface area contributed by atoms with Crippen molar-refractivity contribution in [2.24, 2.45) is 0 Å². The molecule has 0 radical (unpaired) electrons. The fraction of sp³-hybridized carbons (Fsp3) is 0.769. The molecule has 0 aromatic heterocycles. The largest absolute Gasteiger partial charge is 0.508 e. The number of rotatable bonds is 20. The Morgan fingerprint density at radius 1 is 0.655 bits per heavy atom. The van der Waals surface area contributed by atoms with Gasteiger partial charge in [-0.2, -0.15) is 0 Å². The van der Waals surface area contributed by atoms with Gasteiger partial charge >= 0.3 is 0 Å². The molecule has 1 unspecified atom stereocenters. The molecule has 0 saturated carbocycles. The molecule has 0 amide bonds. The molecule has 0 fully saturated rings. The quantitative estimate of drug-likeness (QED) is 0.153. The van der Waals surface area contributed by atoms with Crippen LogP contribution in [0, 0.1) is 0 Å². The normalized spacial score (nSPS) is 12.2. The predicted molar refractivity (Wildman–Crippen MR) is 127 cm³/mol. The van der Waals surface area contributed by atoms with E-state index in [2.05, 4.69) is 12.2 Å². The van der Waals surface area contributed by atoms with Gasteiger partial charge in [0, 0.05) is 12.2 Å². The molecular weight excluding hydrogens is 358 g/mol. The lowest BCUT2D eigenvalue weighted by Crippen LogP contribution is -2.19. The number of aromatic hydroxyl groups is 1. The lowest BCUT2D eigenvalue weighted by Gasteiger charge is -2.12. The maximum absolute atomic E-state index is 10.1. The SMILES string of the molecule is CCCCCCCCCCCCCCCCCCC(O)CNc1ccc(O)cc1. The number of aliphatic hydroxyl groups excluding tert-OH is 1. The van der Waals surface area contributed by atoms with E-state index in [4.69, 9.17) is 0 Å². The highest BCUT2D eigenvalue weighted by Gasteiger charge is 2.04. The maximum Gasteiger partial charge on any atom is 0.115 e. The molecule has 3 N–H and O–H groups in total. The summed E-state index contributed by atoms with van der Waals surface area (Å²) in [7, 11) is 0. The van der Waals surface area contributed by atoms with Crippen molar-refractivity contribution in [3.05, 3.63) is 24.3 Å². The first kappa shape index (κ1) is 25.8. The highest BCUT2D eigenvalue weighted by atomic mass is 16.3. The molecule has 0 aliphatic carbocycles. The van der Waals surface area contributed by atoms with E-state index in [1.165, 1.54) is 96.3 Å². The van der Waals surface area contributed by atoms with Crippen molar-refractivity contribution in [2.75, 3.05) is 11.9 Å². The van der Waals surface area contributed by atoms with E-state index in [0.717, 1.165) is 18.5 Å². The molecule has 1 rings (SSSR count). The minimum Gasteiger partial charge on any atom is -0.508 e.